The lowest BCUT2D eigenvalue weighted by molar-refractivity contribution is -0.687. The Morgan fingerprint density at radius 2 is 1.81 bits per heavy atom. The van der Waals surface area contributed by atoms with Crippen molar-refractivity contribution >= 4 is 34.1 Å². The first-order valence-electron chi connectivity index (χ1n) is 7.72. The summed E-state index contributed by atoms with van der Waals surface area (Å²) >= 11 is 0. The molecule has 0 unspecified atom stereocenters. The second kappa shape index (κ2) is 10.7. The summed E-state index contributed by atoms with van der Waals surface area (Å²) in [5, 5.41) is 21.0. The van der Waals surface area contributed by atoms with Crippen LogP contribution >= 0.6 is 17.0 Å². The standard InChI is InChI=1S/C19H18N4O.2BrH/c20-18-9-14-23(19-6-2-1-5-17(18)19)11-4-3-10-22-12-7-16(8-13-22)15-21-24;;/h1-9,12-15,20H,10-11H2;2*1H. The third kappa shape index (κ3) is 5.37. The van der Waals surface area contributed by atoms with Crippen molar-refractivity contribution in [2.45, 2.75) is 13.1 Å². The van der Waals surface area contributed by atoms with E-state index in [1.54, 1.807) is 0 Å². The summed E-state index contributed by atoms with van der Waals surface area (Å²) in [6, 6.07) is 13.6. The zero-order chi connectivity index (χ0) is 16.8. The van der Waals surface area contributed by atoms with Crippen LogP contribution in [0.1, 0.15) is 5.56 Å². The van der Waals surface area contributed by atoms with E-state index in [1.807, 2.05) is 65.6 Å². The van der Waals surface area contributed by atoms with Crippen LogP contribution in [-0.2, 0) is 13.1 Å². The number of rotatable bonds is 5. The summed E-state index contributed by atoms with van der Waals surface area (Å²) in [6.07, 6.45) is 11.5. The van der Waals surface area contributed by atoms with Gasteiger partial charge in [-0.3, -0.25) is 0 Å². The van der Waals surface area contributed by atoms with Crippen LogP contribution in [0.5, 0.6) is 0 Å². The topological polar surface area (TPSA) is 65.2 Å². The number of oxime groups is 1. The summed E-state index contributed by atoms with van der Waals surface area (Å²) in [5.74, 6) is 0. The number of nitrogens with one attached hydrogen (secondary N) is 1. The first-order chi connectivity index (χ1) is 11.8. The molecule has 1 aromatic carbocycles. The zero-order valence-corrected chi connectivity index (χ0v) is 17.3. The normalized spacial score (nSPS) is 10.8. The van der Waals surface area contributed by atoms with Gasteiger partial charge in [0.2, 0.25) is 0 Å². The van der Waals surface area contributed by atoms with E-state index in [-0.39, 0.29) is 34.0 Å². The lowest BCUT2D eigenvalue weighted by Gasteiger charge is -2.08. The van der Waals surface area contributed by atoms with E-state index in [4.69, 9.17) is 10.6 Å². The van der Waals surface area contributed by atoms with E-state index in [0.29, 0.717) is 5.36 Å². The van der Waals surface area contributed by atoms with E-state index in [9.17, 15) is 0 Å². The minimum atomic E-state index is 0. The molecule has 3 rings (SSSR count). The Kier molecular flexibility index (Phi) is 8.95. The Bertz CT molecular complexity index is 950. The molecule has 136 valence electrons. The fourth-order valence-electron chi connectivity index (χ4n) is 2.57. The van der Waals surface area contributed by atoms with Crippen molar-refractivity contribution in [1.82, 2.24) is 4.57 Å². The van der Waals surface area contributed by atoms with Gasteiger partial charge in [0, 0.05) is 35.8 Å². The van der Waals surface area contributed by atoms with Crippen LogP contribution in [0.15, 0.2) is 78.4 Å². The molecule has 0 aliphatic heterocycles. The van der Waals surface area contributed by atoms with Crippen molar-refractivity contribution in [3.8, 4) is 0 Å². The Morgan fingerprint density at radius 1 is 1.08 bits per heavy atom. The number of pyridine rings is 2. The van der Waals surface area contributed by atoms with E-state index in [2.05, 4.69) is 21.9 Å². The number of para-hydroxylation sites is 1. The highest BCUT2D eigenvalue weighted by Gasteiger charge is 1.99. The van der Waals surface area contributed by atoms with Gasteiger partial charge in [0.25, 0.3) is 0 Å². The fourth-order valence-corrected chi connectivity index (χ4v) is 2.57. The van der Waals surface area contributed by atoms with E-state index < -0.39 is 0 Å². The van der Waals surface area contributed by atoms with Gasteiger partial charge in [-0.15, -0.1) is 17.0 Å². The van der Waals surface area contributed by atoms with E-state index >= 15 is 0 Å². The first kappa shape index (κ1) is 21.8. The van der Waals surface area contributed by atoms with Crippen LogP contribution in [0.25, 0.3) is 10.9 Å². The molecule has 0 amide bonds. The van der Waals surface area contributed by atoms with Gasteiger partial charge in [0.1, 0.15) is 0 Å². The summed E-state index contributed by atoms with van der Waals surface area (Å²) in [7, 11) is 0. The van der Waals surface area contributed by atoms with Gasteiger partial charge in [-0.1, -0.05) is 29.4 Å². The smallest absolute Gasteiger partial charge is 0.169 e. The predicted molar refractivity (Wildman–Crippen MR) is 103 cm³/mol. The molecule has 0 atom stereocenters. The highest BCUT2D eigenvalue weighted by Crippen LogP contribution is 2.09. The van der Waals surface area contributed by atoms with E-state index in [1.165, 1.54) is 6.21 Å². The molecule has 0 aliphatic rings. The molecule has 0 saturated carbocycles. The maximum absolute atomic E-state index is 8.50. The number of benzene rings is 1. The van der Waals surface area contributed by atoms with Crippen LogP contribution in [0, 0.1) is 5.41 Å². The van der Waals surface area contributed by atoms with Crippen molar-refractivity contribution in [2.24, 2.45) is 5.16 Å². The van der Waals surface area contributed by atoms with Gasteiger partial charge in [-0.2, -0.15) is 0 Å². The number of nitrogens with zero attached hydrogens (tertiary/aromatic N) is 3. The number of fused-ring (bicyclic) bond motifs is 1. The van der Waals surface area contributed by atoms with E-state index in [0.717, 1.165) is 29.6 Å². The van der Waals surface area contributed by atoms with Crippen molar-refractivity contribution in [3.63, 3.8) is 0 Å². The molecule has 3 aromatic rings. The lowest BCUT2D eigenvalue weighted by atomic mass is 10.2. The first-order valence-corrected chi connectivity index (χ1v) is 7.72. The summed E-state index contributed by atoms with van der Waals surface area (Å²) in [5.41, 5.74) is 1.92. The second-order valence-corrected chi connectivity index (χ2v) is 5.44. The number of aromatic nitrogens is 2. The molecule has 0 bridgehead atoms. The zero-order valence-electron chi connectivity index (χ0n) is 14.0. The number of hydrogen-bond acceptors (Lipinski definition) is 3. The molecule has 26 heavy (non-hydrogen) atoms. The highest BCUT2D eigenvalue weighted by atomic mass is 79.9. The largest absolute Gasteiger partial charge is 1.00 e. The monoisotopic (exact) mass is 478 g/mol. The van der Waals surface area contributed by atoms with Crippen LogP contribution in [0.4, 0.5) is 0 Å². The highest BCUT2D eigenvalue weighted by molar-refractivity contribution is 8.93. The summed E-state index contributed by atoms with van der Waals surface area (Å²) < 4.78 is 4.18. The number of allylic oxidation sites excluding steroid dienone is 2. The Labute approximate surface area is 173 Å². The molecule has 0 saturated heterocycles. The third-order valence-corrected chi connectivity index (χ3v) is 3.83. The van der Waals surface area contributed by atoms with Crippen LogP contribution in [-0.4, -0.2) is 16.0 Å². The van der Waals surface area contributed by atoms with Gasteiger partial charge in [0.05, 0.1) is 17.1 Å². The molecule has 0 spiro atoms. The molecule has 0 radical (unpaired) electrons. The molecule has 0 fully saturated rings. The SMILES string of the molecule is Br.N=c1ccn(CC=CC[n+]2ccc(/C=N/O)cc2)c2ccccc12.[Br-]. The van der Waals surface area contributed by atoms with Gasteiger partial charge in [-0.05, 0) is 18.2 Å². The van der Waals surface area contributed by atoms with Crippen LogP contribution in [0.2, 0.25) is 0 Å². The maximum Gasteiger partial charge on any atom is 0.169 e. The van der Waals surface area contributed by atoms with Crippen molar-refractivity contribution < 1.29 is 26.8 Å². The van der Waals surface area contributed by atoms with Crippen LogP contribution < -0.4 is 26.9 Å². The summed E-state index contributed by atoms with van der Waals surface area (Å²) in [4.78, 5) is 0. The lowest BCUT2D eigenvalue weighted by Crippen LogP contribution is -3.00. The Morgan fingerprint density at radius 3 is 2.54 bits per heavy atom. The molecular weight excluding hydrogens is 460 g/mol. The average Bonchev–Trinajstić information content (AvgIpc) is 2.62. The van der Waals surface area contributed by atoms with Gasteiger partial charge >= 0.3 is 0 Å². The average molecular weight is 480 g/mol. The molecule has 2 N–H and O–H groups in total. The Balaban J connectivity index is 0.00000169. The fraction of sp³-hybridized carbons (Fsp3) is 0.105. The van der Waals surface area contributed by atoms with Gasteiger partial charge in [0.15, 0.2) is 18.9 Å². The molecular formula is C19H20Br2N4O. The number of halogens is 2. The van der Waals surface area contributed by atoms with Crippen molar-refractivity contribution in [1.29, 1.82) is 5.41 Å². The minimum absolute atomic E-state index is 0. The van der Waals surface area contributed by atoms with Crippen LogP contribution in [0.3, 0.4) is 0 Å². The molecule has 2 aromatic heterocycles. The molecule has 2 heterocycles. The van der Waals surface area contributed by atoms with Gasteiger partial charge in [-0.25, -0.2) is 4.57 Å². The molecule has 0 aliphatic carbocycles. The van der Waals surface area contributed by atoms with Crippen molar-refractivity contribution in [2.75, 3.05) is 0 Å². The molecule has 7 heteroatoms. The predicted octanol–water partition coefficient (Wildman–Crippen LogP) is 0.0547. The second-order valence-electron chi connectivity index (χ2n) is 5.44. The summed E-state index contributed by atoms with van der Waals surface area (Å²) in [6.45, 7) is 1.53. The quantitative estimate of drug-likeness (QED) is 0.175. The minimum Gasteiger partial charge on any atom is -1.00 e. The Hall–Kier alpha value is -2.25. The maximum atomic E-state index is 8.50. The van der Waals surface area contributed by atoms with Gasteiger partial charge < -0.3 is 32.2 Å². The number of hydrogen-bond donors (Lipinski definition) is 2. The molecule has 5 nitrogen and oxygen atoms in total. The van der Waals surface area contributed by atoms with Crippen molar-refractivity contribution in [3.05, 3.63) is 84.1 Å². The third-order valence-electron chi connectivity index (χ3n) is 3.83.